The summed E-state index contributed by atoms with van der Waals surface area (Å²) in [4.78, 5) is 12.9. The molecule has 1 aromatic rings. The van der Waals surface area contributed by atoms with Crippen molar-refractivity contribution in [3.63, 3.8) is 0 Å². The van der Waals surface area contributed by atoms with Crippen LogP contribution in [0.1, 0.15) is 18.4 Å². The van der Waals surface area contributed by atoms with E-state index in [2.05, 4.69) is 23.7 Å². The minimum Gasteiger partial charge on any atom is -0.375 e. The third-order valence-electron chi connectivity index (χ3n) is 3.03. The minimum absolute atomic E-state index is 0.0408. The Morgan fingerprint density at radius 2 is 2.18 bits per heavy atom. The molecule has 1 aliphatic carbocycles. The molecular formula is C13H17NO2S. The quantitative estimate of drug-likeness (QED) is 0.815. The number of methoxy groups -OCH3 is 1. The number of amides is 1. The van der Waals surface area contributed by atoms with E-state index in [1.165, 1.54) is 17.6 Å². The average Bonchev–Trinajstić information content (AvgIpc) is 3.10. The van der Waals surface area contributed by atoms with E-state index in [-0.39, 0.29) is 18.1 Å². The second-order valence-electron chi connectivity index (χ2n) is 4.26. The zero-order valence-electron chi connectivity index (χ0n) is 10.2. The standard InChI is InChI=1S/C13H17NO2S/c1-16-9-12(15)14-13(7-8-13)10-5-3-4-6-11(10)17-2/h3-6H,7-9H2,1-2H3,(H,14,15). The van der Waals surface area contributed by atoms with Crippen LogP contribution in [-0.2, 0) is 15.1 Å². The Hall–Kier alpha value is -1.00. The summed E-state index contributed by atoms with van der Waals surface area (Å²) in [5, 5.41) is 3.08. The van der Waals surface area contributed by atoms with Crippen LogP contribution < -0.4 is 5.32 Å². The second kappa shape index (κ2) is 5.10. The Bertz CT molecular complexity index is 416. The average molecular weight is 251 g/mol. The highest BCUT2D eigenvalue weighted by Gasteiger charge is 2.46. The van der Waals surface area contributed by atoms with Crippen LogP contribution in [0.25, 0.3) is 0 Å². The number of carbonyl (C=O) groups excluding carboxylic acids is 1. The number of nitrogens with one attached hydrogen (secondary N) is 1. The van der Waals surface area contributed by atoms with E-state index in [1.54, 1.807) is 11.8 Å². The van der Waals surface area contributed by atoms with Gasteiger partial charge in [0, 0.05) is 12.0 Å². The van der Waals surface area contributed by atoms with Crippen LogP contribution in [0.5, 0.6) is 0 Å². The maximum Gasteiger partial charge on any atom is 0.246 e. The number of thioether (sulfide) groups is 1. The zero-order chi connectivity index (χ0) is 12.3. The molecule has 0 atom stereocenters. The first-order valence-corrected chi connectivity index (χ1v) is 6.88. The Balaban J connectivity index is 2.18. The lowest BCUT2D eigenvalue weighted by Crippen LogP contribution is -2.37. The molecule has 92 valence electrons. The van der Waals surface area contributed by atoms with Crippen LogP contribution >= 0.6 is 11.8 Å². The maximum absolute atomic E-state index is 11.6. The molecule has 0 heterocycles. The van der Waals surface area contributed by atoms with Gasteiger partial charge in [-0.15, -0.1) is 11.8 Å². The first kappa shape index (κ1) is 12.5. The number of hydrogen-bond acceptors (Lipinski definition) is 3. The molecule has 1 aliphatic rings. The van der Waals surface area contributed by atoms with Crippen molar-refractivity contribution in [2.75, 3.05) is 20.0 Å². The molecule has 17 heavy (non-hydrogen) atoms. The molecule has 1 fully saturated rings. The summed E-state index contributed by atoms with van der Waals surface area (Å²) >= 11 is 1.72. The molecule has 4 heteroatoms. The minimum atomic E-state index is -0.144. The molecule has 1 aromatic carbocycles. The van der Waals surface area contributed by atoms with Gasteiger partial charge in [-0.1, -0.05) is 18.2 Å². The summed E-state index contributed by atoms with van der Waals surface area (Å²) in [7, 11) is 1.54. The van der Waals surface area contributed by atoms with Gasteiger partial charge in [-0.3, -0.25) is 4.79 Å². The van der Waals surface area contributed by atoms with Gasteiger partial charge >= 0.3 is 0 Å². The van der Waals surface area contributed by atoms with E-state index in [1.807, 2.05) is 12.1 Å². The molecule has 0 saturated heterocycles. The molecule has 2 rings (SSSR count). The fourth-order valence-electron chi connectivity index (χ4n) is 2.06. The summed E-state index contributed by atoms with van der Waals surface area (Å²) < 4.78 is 4.85. The predicted octanol–water partition coefficient (Wildman–Crippen LogP) is 2.16. The largest absolute Gasteiger partial charge is 0.375 e. The highest BCUT2D eigenvalue weighted by atomic mass is 32.2. The van der Waals surface area contributed by atoms with Gasteiger partial charge in [-0.25, -0.2) is 0 Å². The summed E-state index contributed by atoms with van der Waals surface area (Å²) in [6, 6.07) is 8.26. The summed E-state index contributed by atoms with van der Waals surface area (Å²) in [5.41, 5.74) is 1.09. The fourth-order valence-corrected chi connectivity index (χ4v) is 2.76. The van der Waals surface area contributed by atoms with E-state index < -0.39 is 0 Å². The van der Waals surface area contributed by atoms with Crippen molar-refractivity contribution in [2.45, 2.75) is 23.3 Å². The number of hydrogen-bond donors (Lipinski definition) is 1. The first-order valence-electron chi connectivity index (χ1n) is 5.65. The van der Waals surface area contributed by atoms with Crippen molar-refractivity contribution in [3.8, 4) is 0 Å². The highest BCUT2D eigenvalue weighted by Crippen LogP contribution is 2.48. The van der Waals surface area contributed by atoms with Crippen molar-refractivity contribution >= 4 is 17.7 Å². The van der Waals surface area contributed by atoms with E-state index >= 15 is 0 Å². The monoisotopic (exact) mass is 251 g/mol. The summed E-state index contributed by atoms with van der Waals surface area (Å²) in [6.07, 6.45) is 4.09. The molecule has 1 amide bonds. The Labute approximate surface area is 106 Å². The van der Waals surface area contributed by atoms with Gasteiger partial charge in [-0.2, -0.15) is 0 Å². The number of carbonyl (C=O) groups is 1. The Morgan fingerprint density at radius 1 is 1.47 bits per heavy atom. The van der Waals surface area contributed by atoms with Crippen molar-refractivity contribution in [2.24, 2.45) is 0 Å². The topological polar surface area (TPSA) is 38.3 Å². The predicted molar refractivity (Wildman–Crippen MR) is 69.2 cm³/mol. The van der Waals surface area contributed by atoms with Crippen LogP contribution in [0, 0.1) is 0 Å². The first-order chi connectivity index (χ1) is 8.22. The van der Waals surface area contributed by atoms with E-state index in [0.29, 0.717) is 0 Å². The van der Waals surface area contributed by atoms with Crippen LogP contribution in [0.3, 0.4) is 0 Å². The van der Waals surface area contributed by atoms with Gasteiger partial charge in [0.15, 0.2) is 0 Å². The normalized spacial score (nSPS) is 16.6. The Morgan fingerprint density at radius 3 is 2.76 bits per heavy atom. The SMILES string of the molecule is COCC(=O)NC1(c2ccccc2SC)CC1. The number of benzene rings is 1. The summed E-state index contributed by atoms with van der Waals surface area (Å²) in [6.45, 7) is 0.128. The Kier molecular flexibility index (Phi) is 3.74. The van der Waals surface area contributed by atoms with E-state index in [4.69, 9.17) is 4.74 Å². The second-order valence-corrected chi connectivity index (χ2v) is 5.11. The van der Waals surface area contributed by atoms with Crippen LogP contribution in [0.2, 0.25) is 0 Å². The van der Waals surface area contributed by atoms with Gasteiger partial charge in [0.05, 0.1) is 5.54 Å². The number of ether oxygens (including phenoxy) is 1. The molecule has 3 nitrogen and oxygen atoms in total. The molecular weight excluding hydrogens is 234 g/mol. The molecule has 0 unspecified atom stereocenters. The third-order valence-corrected chi connectivity index (χ3v) is 3.82. The van der Waals surface area contributed by atoms with Crippen molar-refractivity contribution < 1.29 is 9.53 Å². The molecule has 1 N–H and O–H groups in total. The maximum atomic E-state index is 11.6. The van der Waals surface area contributed by atoms with Gasteiger partial charge in [0.25, 0.3) is 0 Å². The van der Waals surface area contributed by atoms with Gasteiger partial charge in [-0.05, 0) is 30.7 Å². The lowest BCUT2D eigenvalue weighted by molar-refractivity contribution is -0.125. The van der Waals surface area contributed by atoms with Crippen molar-refractivity contribution in [1.29, 1.82) is 0 Å². The molecule has 1 saturated carbocycles. The number of rotatable bonds is 5. The molecule has 0 radical (unpaired) electrons. The zero-order valence-corrected chi connectivity index (χ0v) is 11.0. The van der Waals surface area contributed by atoms with Crippen LogP contribution in [-0.4, -0.2) is 25.9 Å². The lowest BCUT2D eigenvalue weighted by atomic mass is 10.0. The van der Waals surface area contributed by atoms with Crippen LogP contribution in [0.15, 0.2) is 29.2 Å². The van der Waals surface area contributed by atoms with Crippen molar-refractivity contribution in [3.05, 3.63) is 29.8 Å². The van der Waals surface area contributed by atoms with E-state index in [9.17, 15) is 4.79 Å². The van der Waals surface area contributed by atoms with E-state index in [0.717, 1.165) is 12.8 Å². The van der Waals surface area contributed by atoms with Gasteiger partial charge in [0.2, 0.25) is 5.91 Å². The highest BCUT2D eigenvalue weighted by molar-refractivity contribution is 7.98. The molecule has 0 spiro atoms. The smallest absolute Gasteiger partial charge is 0.246 e. The van der Waals surface area contributed by atoms with Crippen molar-refractivity contribution in [1.82, 2.24) is 5.32 Å². The molecule has 0 bridgehead atoms. The summed E-state index contributed by atoms with van der Waals surface area (Å²) in [5.74, 6) is -0.0408. The third kappa shape index (κ3) is 2.64. The van der Waals surface area contributed by atoms with Gasteiger partial charge in [0.1, 0.15) is 6.61 Å². The van der Waals surface area contributed by atoms with Gasteiger partial charge < -0.3 is 10.1 Å². The van der Waals surface area contributed by atoms with Crippen LogP contribution in [0.4, 0.5) is 0 Å². The lowest BCUT2D eigenvalue weighted by Gasteiger charge is -2.20. The fraction of sp³-hybridized carbons (Fsp3) is 0.462. The molecule has 0 aromatic heterocycles. The molecule has 0 aliphatic heterocycles.